The SMILES string of the molecule is O=C(/C=C/c1ccccc1[N+](=O)[O-])N[C@H](C[NH+]1CCOCC1)c1ccccc1. The van der Waals surface area contributed by atoms with E-state index in [2.05, 4.69) is 5.32 Å². The van der Waals surface area contributed by atoms with Gasteiger partial charge in [-0.15, -0.1) is 0 Å². The fraction of sp³-hybridized carbons (Fsp3) is 0.286. The maximum Gasteiger partial charge on any atom is 0.276 e. The van der Waals surface area contributed by atoms with Gasteiger partial charge in [0.1, 0.15) is 25.7 Å². The van der Waals surface area contributed by atoms with E-state index >= 15 is 0 Å². The molecule has 7 heteroatoms. The summed E-state index contributed by atoms with van der Waals surface area (Å²) in [6, 6.07) is 16.0. The largest absolute Gasteiger partial charge is 0.370 e. The van der Waals surface area contributed by atoms with Crippen LogP contribution in [0.15, 0.2) is 60.7 Å². The Morgan fingerprint density at radius 2 is 1.82 bits per heavy atom. The fourth-order valence-corrected chi connectivity index (χ4v) is 3.27. The van der Waals surface area contributed by atoms with Crippen molar-refractivity contribution in [1.82, 2.24) is 5.32 Å². The van der Waals surface area contributed by atoms with E-state index in [0.29, 0.717) is 5.56 Å². The molecule has 1 aliphatic heterocycles. The molecular formula is C21H24N3O4+. The highest BCUT2D eigenvalue weighted by molar-refractivity contribution is 5.92. The van der Waals surface area contributed by atoms with Gasteiger partial charge in [0.25, 0.3) is 5.69 Å². The number of carbonyl (C=O) groups excluding carboxylic acids is 1. The Balaban J connectivity index is 1.71. The molecule has 2 aromatic rings. The van der Waals surface area contributed by atoms with Gasteiger partial charge in [-0.05, 0) is 17.7 Å². The normalized spacial score (nSPS) is 16.0. The zero-order valence-electron chi connectivity index (χ0n) is 15.5. The van der Waals surface area contributed by atoms with Crippen LogP contribution < -0.4 is 10.2 Å². The van der Waals surface area contributed by atoms with Crippen molar-refractivity contribution in [2.45, 2.75) is 6.04 Å². The molecule has 1 amide bonds. The molecule has 28 heavy (non-hydrogen) atoms. The van der Waals surface area contributed by atoms with Gasteiger partial charge in [-0.3, -0.25) is 14.9 Å². The quantitative estimate of drug-likeness (QED) is 0.430. The summed E-state index contributed by atoms with van der Waals surface area (Å²) >= 11 is 0. The maximum atomic E-state index is 12.5. The second-order valence-electron chi connectivity index (χ2n) is 6.69. The summed E-state index contributed by atoms with van der Waals surface area (Å²) in [5.74, 6) is -0.278. The van der Waals surface area contributed by atoms with Gasteiger partial charge < -0.3 is 15.0 Å². The molecule has 0 radical (unpaired) electrons. The molecule has 1 aliphatic rings. The molecule has 7 nitrogen and oxygen atoms in total. The molecule has 1 heterocycles. The highest BCUT2D eigenvalue weighted by atomic mass is 16.6. The number of ether oxygens (including phenoxy) is 1. The zero-order chi connectivity index (χ0) is 19.8. The number of para-hydroxylation sites is 1. The third kappa shape index (κ3) is 5.48. The number of hydrogen-bond acceptors (Lipinski definition) is 4. The standard InChI is InChI=1S/C21H23N3O4/c25-21(11-10-18-8-4-5-9-20(18)24(26)27)22-19(17-6-2-1-3-7-17)16-23-12-14-28-15-13-23/h1-11,19H,12-16H2,(H,22,25)/p+1/b11-10+/t19-/m1/s1. The van der Waals surface area contributed by atoms with Crippen molar-refractivity contribution in [3.8, 4) is 0 Å². The second-order valence-corrected chi connectivity index (χ2v) is 6.69. The molecule has 0 bridgehead atoms. The van der Waals surface area contributed by atoms with Crippen LogP contribution in [0.1, 0.15) is 17.2 Å². The van der Waals surface area contributed by atoms with Gasteiger partial charge in [0, 0.05) is 12.1 Å². The molecule has 0 spiro atoms. The Bertz CT molecular complexity index is 833. The number of carbonyl (C=O) groups is 1. The van der Waals surface area contributed by atoms with Crippen LogP contribution >= 0.6 is 0 Å². The van der Waals surface area contributed by atoms with Crippen molar-refractivity contribution in [1.29, 1.82) is 0 Å². The third-order valence-electron chi connectivity index (χ3n) is 4.76. The van der Waals surface area contributed by atoms with Crippen LogP contribution in [0.25, 0.3) is 6.08 Å². The molecule has 1 atom stereocenters. The highest BCUT2D eigenvalue weighted by Gasteiger charge is 2.22. The van der Waals surface area contributed by atoms with Gasteiger partial charge in [-0.1, -0.05) is 42.5 Å². The van der Waals surface area contributed by atoms with Gasteiger partial charge in [0.15, 0.2) is 0 Å². The number of rotatable bonds is 7. The molecule has 2 aromatic carbocycles. The summed E-state index contributed by atoms with van der Waals surface area (Å²) < 4.78 is 5.41. The number of benzene rings is 2. The predicted octanol–water partition coefficient (Wildman–Crippen LogP) is 1.38. The molecule has 0 aliphatic carbocycles. The molecule has 1 fully saturated rings. The predicted molar refractivity (Wildman–Crippen MR) is 106 cm³/mol. The second kappa shape index (κ2) is 9.77. The van der Waals surface area contributed by atoms with Crippen LogP contribution in [0, 0.1) is 10.1 Å². The molecule has 1 saturated heterocycles. The topological polar surface area (TPSA) is 85.9 Å². The fourth-order valence-electron chi connectivity index (χ4n) is 3.27. The molecule has 0 aromatic heterocycles. The first-order valence-electron chi connectivity index (χ1n) is 9.32. The van der Waals surface area contributed by atoms with E-state index in [1.165, 1.54) is 23.1 Å². The third-order valence-corrected chi connectivity index (χ3v) is 4.76. The number of morpholine rings is 1. The Hall–Kier alpha value is -3.03. The summed E-state index contributed by atoms with van der Waals surface area (Å²) in [6.45, 7) is 4.03. The number of quaternary nitrogens is 1. The number of hydrogen-bond donors (Lipinski definition) is 2. The van der Waals surface area contributed by atoms with Crippen molar-refractivity contribution in [2.24, 2.45) is 0 Å². The van der Waals surface area contributed by atoms with E-state index < -0.39 is 4.92 Å². The lowest BCUT2D eigenvalue weighted by Crippen LogP contribution is -3.14. The van der Waals surface area contributed by atoms with Gasteiger partial charge in [-0.2, -0.15) is 0 Å². The minimum atomic E-state index is -0.452. The number of nitrogens with zero attached hydrogens (tertiary/aromatic N) is 1. The monoisotopic (exact) mass is 382 g/mol. The van der Waals surface area contributed by atoms with Crippen molar-refractivity contribution in [3.05, 3.63) is 81.9 Å². The summed E-state index contributed by atoms with van der Waals surface area (Å²) in [5, 5.41) is 14.2. The summed E-state index contributed by atoms with van der Waals surface area (Å²) in [6.07, 6.45) is 2.84. The van der Waals surface area contributed by atoms with Crippen LogP contribution in [0.2, 0.25) is 0 Å². The average Bonchev–Trinajstić information content (AvgIpc) is 2.73. The first kappa shape index (κ1) is 19.7. The smallest absolute Gasteiger partial charge is 0.276 e. The number of nitrogens with one attached hydrogen (secondary N) is 2. The van der Waals surface area contributed by atoms with Gasteiger partial charge in [-0.25, -0.2) is 0 Å². The summed E-state index contributed by atoms with van der Waals surface area (Å²) in [4.78, 5) is 24.6. The van der Waals surface area contributed by atoms with Gasteiger partial charge in [0.2, 0.25) is 5.91 Å². The highest BCUT2D eigenvalue weighted by Crippen LogP contribution is 2.19. The zero-order valence-corrected chi connectivity index (χ0v) is 15.5. The Morgan fingerprint density at radius 3 is 2.54 bits per heavy atom. The van der Waals surface area contributed by atoms with Crippen LogP contribution in [0.5, 0.6) is 0 Å². The molecule has 3 rings (SSSR count). The van der Waals surface area contributed by atoms with E-state index in [-0.39, 0.29) is 17.6 Å². The Morgan fingerprint density at radius 1 is 1.14 bits per heavy atom. The first-order chi connectivity index (χ1) is 13.6. The molecule has 0 saturated carbocycles. The van der Waals surface area contributed by atoms with E-state index in [1.807, 2.05) is 30.3 Å². The maximum absolute atomic E-state index is 12.5. The molecule has 0 unspecified atom stereocenters. The van der Waals surface area contributed by atoms with Crippen LogP contribution in [0.4, 0.5) is 5.69 Å². The Labute approximate surface area is 163 Å². The van der Waals surface area contributed by atoms with Crippen LogP contribution in [0.3, 0.4) is 0 Å². The lowest BCUT2D eigenvalue weighted by Gasteiger charge is -2.28. The van der Waals surface area contributed by atoms with Crippen molar-refractivity contribution in [3.63, 3.8) is 0 Å². The van der Waals surface area contributed by atoms with E-state index in [0.717, 1.165) is 38.4 Å². The van der Waals surface area contributed by atoms with Crippen molar-refractivity contribution in [2.75, 3.05) is 32.8 Å². The Kier molecular flexibility index (Phi) is 6.89. The lowest BCUT2D eigenvalue weighted by molar-refractivity contribution is -0.909. The average molecular weight is 382 g/mol. The van der Waals surface area contributed by atoms with Crippen molar-refractivity contribution < 1.29 is 19.4 Å². The number of nitro benzene ring substituents is 1. The number of nitro groups is 1. The van der Waals surface area contributed by atoms with Crippen LogP contribution in [-0.2, 0) is 9.53 Å². The first-order valence-corrected chi connectivity index (χ1v) is 9.32. The van der Waals surface area contributed by atoms with Gasteiger partial charge in [0.05, 0.1) is 23.7 Å². The van der Waals surface area contributed by atoms with Gasteiger partial charge >= 0.3 is 0 Å². The minimum Gasteiger partial charge on any atom is -0.370 e. The van der Waals surface area contributed by atoms with Crippen molar-refractivity contribution >= 4 is 17.7 Å². The van der Waals surface area contributed by atoms with E-state index in [9.17, 15) is 14.9 Å². The summed E-state index contributed by atoms with van der Waals surface area (Å²) in [5.41, 5.74) is 1.41. The number of amides is 1. The summed E-state index contributed by atoms with van der Waals surface area (Å²) in [7, 11) is 0. The molecule has 2 N–H and O–H groups in total. The van der Waals surface area contributed by atoms with E-state index in [4.69, 9.17) is 4.74 Å². The van der Waals surface area contributed by atoms with E-state index in [1.54, 1.807) is 18.2 Å². The molecular weight excluding hydrogens is 358 g/mol. The lowest BCUT2D eigenvalue weighted by atomic mass is 10.1. The molecule has 146 valence electrons. The van der Waals surface area contributed by atoms with Crippen LogP contribution in [-0.4, -0.2) is 43.7 Å². The minimum absolute atomic E-state index is 0.0241.